The van der Waals surface area contributed by atoms with E-state index in [1.807, 2.05) is 0 Å². The first kappa shape index (κ1) is 16.2. The lowest BCUT2D eigenvalue weighted by atomic mass is 9.96. The summed E-state index contributed by atoms with van der Waals surface area (Å²) in [6.07, 6.45) is 0.438. The van der Waals surface area contributed by atoms with Crippen molar-refractivity contribution in [1.29, 1.82) is 0 Å². The molecular formula is C16H11Cl3N2O2. The molecule has 1 amide bonds. The van der Waals surface area contributed by atoms with Crippen LogP contribution in [0.15, 0.2) is 41.6 Å². The summed E-state index contributed by atoms with van der Waals surface area (Å²) in [7, 11) is 0. The molecule has 1 unspecified atom stereocenters. The third-order valence-corrected chi connectivity index (χ3v) is 4.58. The third-order valence-electron chi connectivity index (χ3n) is 3.80. The Morgan fingerprint density at radius 3 is 2.48 bits per heavy atom. The minimum Gasteiger partial charge on any atom is -0.308 e. The number of hydrogen-bond acceptors (Lipinski definition) is 3. The zero-order valence-corrected chi connectivity index (χ0v) is 14.1. The molecule has 23 heavy (non-hydrogen) atoms. The van der Waals surface area contributed by atoms with Crippen LogP contribution in [-0.2, 0) is 0 Å². The van der Waals surface area contributed by atoms with Crippen LogP contribution in [-0.4, -0.2) is 12.5 Å². The number of amides is 1. The van der Waals surface area contributed by atoms with E-state index < -0.39 is 6.04 Å². The summed E-state index contributed by atoms with van der Waals surface area (Å²) < 4.78 is 0. The molecule has 0 N–H and O–H groups in total. The first-order chi connectivity index (χ1) is 11.0. The molecule has 0 saturated heterocycles. The molecule has 4 nitrogen and oxygen atoms in total. The van der Waals surface area contributed by atoms with E-state index in [-0.39, 0.29) is 10.9 Å². The first-order valence-corrected chi connectivity index (χ1v) is 8.03. The summed E-state index contributed by atoms with van der Waals surface area (Å²) in [5, 5.41) is 4.38. The highest BCUT2D eigenvalue weighted by Gasteiger charge is 2.30. The van der Waals surface area contributed by atoms with Gasteiger partial charge in [0.05, 0.1) is 10.6 Å². The van der Waals surface area contributed by atoms with E-state index in [9.17, 15) is 9.70 Å². The molecule has 0 radical (unpaired) electrons. The molecule has 1 atom stereocenters. The van der Waals surface area contributed by atoms with Crippen molar-refractivity contribution in [2.24, 2.45) is 5.18 Å². The number of hydrogen-bond donors (Lipinski definition) is 0. The van der Waals surface area contributed by atoms with Gasteiger partial charge in [-0.1, -0.05) is 40.0 Å². The first-order valence-electron chi connectivity index (χ1n) is 6.90. The topological polar surface area (TPSA) is 49.7 Å². The van der Waals surface area contributed by atoms with Gasteiger partial charge in [-0.2, -0.15) is 4.91 Å². The van der Waals surface area contributed by atoms with Crippen LogP contribution in [0, 0.1) is 4.91 Å². The number of nitrogens with zero attached hydrogens (tertiary/aromatic N) is 2. The average molecular weight is 370 g/mol. The molecule has 7 heteroatoms. The number of nitroso groups, excluding NO2 is 1. The van der Waals surface area contributed by atoms with Gasteiger partial charge >= 0.3 is 0 Å². The minimum absolute atomic E-state index is 0.250. The molecule has 118 valence electrons. The zero-order chi connectivity index (χ0) is 16.6. The summed E-state index contributed by atoms with van der Waals surface area (Å²) in [5.74, 6) is -0.250. The van der Waals surface area contributed by atoms with Crippen LogP contribution in [0.5, 0.6) is 0 Å². The maximum absolute atomic E-state index is 12.8. The van der Waals surface area contributed by atoms with Crippen molar-refractivity contribution in [3.8, 4) is 0 Å². The number of halogens is 3. The van der Waals surface area contributed by atoms with Crippen molar-refractivity contribution in [2.45, 2.75) is 12.5 Å². The standard InChI is InChI=1S/C16H11Cl3N2O2/c17-9-2-4-15-12(7-9)14(20-23)5-6-21(15)16(22)11-3-1-10(18)8-13(11)19/h1-4,7-8,14H,5-6H2. The Hall–Kier alpha value is -1.62. The lowest BCUT2D eigenvalue weighted by Gasteiger charge is -2.32. The van der Waals surface area contributed by atoms with Crippen molar-refractivity contribution in [3.05, 3.63) is 67.5 Å². The lowest BCUT2D eigenvalue weighted by Crippen LogP contribution is -2.36. The zero-order valence-electron chi connectivity index (χ0n) is 11.8. The van der Waals surface area contributed by atoms with E-state index in [1.165, 1.54) is 6.07 Å². The van der Waals surface area contributed by atoms with Crippen LogP contribution in [0.4, 0.5) is 5.69 Å². The predicted octanol–water partition coefficient (Wildman–Crippen LogP) is 5.50. The van der Waals surface area contributed by atoms with Crippen LogP contribution < -0.4 is 4.90 Å². The normalized spacial score (nSPS) is 16.8. The summed E-state index contributed by atoms with van der Waals surface area (Å²) in [6, 6.07) is 9.29. The monoisotopic (exact) mass is 368 g/mol. The number of benzene rings is 2. The Balaban J connectivity index is 2.04. The third kappa shape index (κ3) is 3.07. The van der Waals surface area contributed by atoms with E-state index in [1.54, 1.807) is 35.2 Å². The Kier molecular flexibility index (Phi) is 4.57. The van der Waals surface area contributed by atoms with Crippen molar-refractivity contribution < 1.29 is 4.79 Å². The van der Waals surface area contributed by atoms with Crippen LogP contribution >= 0.6 is 34.8 Å². The fourth-order valence-electron chi connectivity index (χ4n) is 2.69. The Morgan fingerprint density at radius 2 is 1.78 bits per heavy atom. The molecule has 0 aromatic heterocycles. The van der Waals surface area contributed by atoms with Gasteiger partial charge in [0.25, 0.3) is 5.91 Å². The fourth-order valence-corrected chi connectivity index (χ4v) is 3.36. The molecule has 1 heterocycles. The molecule has 1 aliphatic heterocycles. The summed E-state index contributed by atoms with van der Waals surface area (Å²) >= 11 is 18.0. The van der Waals surface area contributed by atoms with Crippen molar-refractivity contribution >= 4 is 46.4 Å². The Labute approximate surface area is 147 Å². The number of carbonyl (C=O) groups is 1. The van der Waals surface area contributed by atoms with Crippen LogP contribution in [0.25, 0.3) is 0 Å². The van der Waals surface area contributed by atoms with Gasteiger partial charge in [0.2, 0.25) is 0 Å². The Morgan fingerprint density at radius 1 is 1.09 bits per heavy atom. The van der Waals surface area contributed by atoms with E-state index in [0.717, 1.165) is 0 Å². The smallest absolute Gasteiger partial charge is 0.259 e. The van der Waals surface area contributed by atoms with Crippen LogP contribution in [0.2, 0.25) is 15.1 Å². The molecule has 3 rings (SSSR count). The highest BCUT2D eigenvalue weighted by atomic mass is 35.5. The van der Waals surface area contributed by atoms with E-state index >= 15 is 0 Å². The number of rotatable bonds is 2. The second-order valence-electron chi connectivity index (χ2n) is 5.19. The molecule has 0 spiro atoms. The quantitative estimate of drug-likeness (QED) is 0.656. The molecule has 0 bridgehead atoms. The van der Waals surface area contributed by atoms with Crippen LogP contribution in [0.3, 0.4) is 0 Å². The second-order valence-corrected chi connectivity index (χ2v) is 6.47. The van der Waals surface area contributed by atoms with Gasteiger partial charge in [-0.3, -0.25) is 4.79 Å². The van der Waals surface area contributed by atoms with Crippen molar-refractivity contribution in [3.63, 3.8) is 0 Å². The molecule has 0 fully saturated rings. The molecule has 0 aliphatic carbocycles. The van der Waals surface area contributed by atoms with Gasteiger partial charge in [-0.05, 0) is 42.8 Å². The van der Waals surface area contributed by atoms with Gasteiger partial charge < -0.3 is 4.90 Å². The highest BCUT2D eigenvalue weighted by molar-refractivity contribution is 6.37. The minimum atomic E-state index is -0.506. The molecule has 0 saturated carbocycles. The summed E-state index contributed by atoms with van der Waals surface area (Å²) in [4.78, 5) is 25.5. The highest BCUT2D eigenvalue weighted by Crippen LogP contribution is 2.38. The summed E-state index contributed by atoms with van der Waals surface area (Å²) in [6.45, 7) is 0.378. The predicted molar refractivity (Wildman–Crippen MR) is 92.7 cm³/mol. The van der Waals surface area contributed by atoms with E-state index in [2.05, 4.69) is 5.18 Å². The fraction of sp³-hybridized carbons (Fsp3) is 0.188. The second kappa shape index (κ2) is 6.48. The SMILES string of the molecule is O=NC1CCN(C(=O)c2ccc(Cl)cc2Cl)c2ccc(Cl)cc21. The van der Waals surface area contributed by atoms with E-state index in [0.29, 0.717) is 39.8 Å². The maximum Gasteiger partial charge on any atom is 0.259 e. The maximum atomic E-state index is 12.8. The lowest BCUT2D eigenvalue weighted by molar-refractivity contribution is 0.0984. The Bertz CT molecular complexity index is 795. The summed E-state index contributed by atoms with van der Waals surface area (Å²) in [5.41, 5.74) is 1.63. The van der Waals surface area contributed by atoms with Gasteiger partial charge in [0.15, 0.2) is 0 Å². The van der Waals surface area contributed by atoms with Gasteiger partial charge in [0.1, 0.15) is 6.04 Å². The van der Waals surface area contributed by atoms with Crippen LogP contribution in [0.1, 0.15) is 28.4 Å². The van der Waals surface area contributed by atoms with E-state index in [4.69, 9.17) is 34.8 Å². The number of carbonyl (C=O) groups excluding carboxylic acids is 1. The molecule has 2 aromatic rings. The van der Waals surface area contributed by atoms with Gasteiger partial charge in [-0.15, -0.1) is 0 Å². The number of anilines is 1. The van der Waals surface area contributed by atoms with Crippen molar-refractivity contribution in [1.82, 2.24) is 0 Å². The average Bonchev–Trinajstić information content (AvgIpc) is 2.53. The molecule has 2 aromatic carbocycles. The van der Waals surface area contributed by atoms with Gasteiger partial charge in [0, 0.05) is 27.8 Å². The largest absolute Gasteiger partial charge is 0.308 e. The molecular weight excluding hydrogens is 359 g/mol. The number of fused-ring (bicyclic) bond motifs is 1. The molecule has 1 aliphatic rings. The van der Waals surface area contributed by atoms with Crippen molar-refractivity contribution in [2.75, 3.05) is 11.4 Å². The van der Waals surface area contributed by atoms with Gasteiger partial charge in [-0.25, -0.2) is 0 Å².